The summed E-state index contributed by atoms with van der Waals surface area (Å²) in [5, 5.41) is 4.13. The van der Waals surface area contributed by atoms with Crippen molar-refractivity contribution in [3.05, 3.63) is 78.1 Å². The van der Waals surface area contributed by atoms with Gasteiger partial charge < -0.3 is 13.8 Å². The van der Waals surface area contributed by atoms with E-state index >= 15 is 0 Å². The quantitative estimate of drug-likeness (QED) is 0.478. The number of hydrogen-bond acceptors (Lipinski definition) is 7. The molecular weight excluding hydrogens is 406 g/mol. The highest BCUT2D eigenvalue weighted by atomic mass is 16.5. The van der Waals surface area contributed by atoms with Crippen molar-refractivity contribution in [2.24, 2.45) is 0 Å². The number of aromatic nitrogens is 3. The van der Waals surface area contributed by atoms with Crippen LogP contribution < -0.4 is 0 Å². The van der Waals surface area contributed by atoms with Crippen molar-refractivity contribution < 1.29 is 13.7 Å². The Balaban J connectivity index is 1.17. The third-order valence-corrected chi connectivity index (χ3v) is 5.72. The van der Waals surface area contributed by atoms with Gasteiger partial charge in [-0.25, -0.2) is 4.98 Å². The molecule has 0 aliphatic carbocycles. The second-order valence-electron chi connectivity index (χ2n) is 7.84. The minimum atomic E-state index is 0.0356. The van der Waals surface area contributed by atoms with Gasteiger partial charge in [0.25, 0.3) is 5.91 Å². The highest BCUT2D eigenvalue weighted by Gasteiger charge is 2.23. The number of oxazole rings is 1. The summed E-state index contributed by atoms with van der Waals surface area (Å²) in [6.45, 7) is 5.42. The fourth-order valence-electron chi connectivity index (χ4n) is 3.87. The Bertz CT molecular complexity index is 1190. The zero-order valence-electron chi connectivity index (χ0n) is 17.8. The van der Waals surface area contributed by atoms with E-state index in [2.05, 4.69) is 20.0 Å². The molecule has 0 N–H and O–H groups in total. The molecule has 1 amide bonds. The van der Waals surface area contributed by atoms with Gasteiger partial charge in [0.2, 0.25) is 11.7 Å². The van der Waals surface area contributed by atoms with E-state index in [0.29, 0.717) is 42.7 Å². The summed E-state index contributed by atoms with van der Waals surface area (Å²) in [4.78, 5) is 25.5. The predicted molar refractivity (Wildman–Crippen MR) is 118 cm³/mol. The van der Waals surface area contributed by atoms with Gasteiger partial charge in [-0.2, -0.15) is 4.98 Å². The molecule has 162 valence electrons. The average Bonchev–Trinajstić information content (AvgIpc) is 3.52. The molecule has 1 aliphatic rings. The summed E-state index contributed by atoms with van der Waals surface area (Å²) < 4.78 is 10.8. The molecule has 4 aromatic rings. The SMILES string of the molecule is Cc1ccccc1-c1noc(CN2CCN(C(=O)c3ccc(-c4cnco4)cc3)CC2)n1. The Morgan fingerprint density at radius 3 is 2.53 bits per heavy atom. The first-order valence-corrected chi connectivity index (χ1v) is 10.6. The van der Waals surface area contributed by atoms with Crippen LogP contribution >= 0.6 is 0 Å². The van der Waals surface area contributed by atoms with Crippen molar-refractivity contribution in [1.82, 2.24) is 24.9 Å². The van der Waals surface area contributed by atoms with E-state index in [1.54, 1.807) is 6.20 Å². The number of rotatable bonds is 5. The first-order chi connectivity index (χ1) is 15.7. The molecule has 8 heteroatoms. The maximum absolute atomic E-state index is 12.9. The summed E-state index contributed by atoms with van der Waals surface area (Å²) in [5.41, 5.74) is 3.66. The van der Waals surface area contributed by atoms with Crippen LogP contribution in [0.3, 0.4) is 0 Å². The van der Waals surface area contributed by atoms with Crippen LogP contribution in [0.25, 0.3) is 22.7 Å². The van der Waals surface area contributed by atoms with Gasteiger partial charge in [-0.05, 0) is 24.6 Å². The number of carbonyl (C=O) groups is 1. The molecule has 2 aromatic heterocycles. The lowest BCUT2D eigenvalue weighted by Crippen LogP contribution is -2.48. The Labute approximate surface area is 185 Å². The van der Waals surface area contributed by atoms with Crippen molar-refractivity contribution >= 4 is 5.91 Å². The maximum Gasteiger partial charge on any atom is 0.253 e. The normalized spacial score (nSPS) is 14.6. The number of nitrogens with zero attached hydrogens (tertiary/aromatic N) is 5. The molecule has 0 saturated carbocycles. The van der Waals surface area contributed by atoms with Crippen LogP contribution in [-0.2, 0) is 6.54 Å². The Hall–Kier alpha value is -3.78. The van der Waals surface area contributed by atoms with Crippen molar-refractivity contribution in [2.45, 2.75) is 13.5 Å². The predicted octanol–water partition coefficient (Wildman–Crippen LogP) is 3.66. The molecule has 1 aliphatic heterocycles. The van der Waals surface area contributed by atoms with Crippen molar-refractivity contribution in [3.63, 3.8) is 0 Å². The van der Waals surface area contributed by atoms with Gasteiger partial charge in [-0.3, -0.25) is 9.69 Å². The smallest absolute Gasteiger partial charge is 0.253 e. The summed E-state index contributed by atoms with van der Waals surface area (Å²) in [7, 11) is 0. The fraction of sp³-hybridized carbons (Fsp3) is 0.250. The van der Waals surface area contributed by atoms with E-state index in [4.69, 9.17) is 8.94 Å². The van der Waals surface area contributed by atoms with Crippen LogP contribution in [0, 0.1) is 6.92 Å². The first kappa shape index (κ1) is 20.1. The minimum Gasteiger partial charge on any atom is -0.444 e. The van der Waals surface area contributed by atoms with Crippen molar-refractivity contribution in [1.29, 1.82) is 0 Å². The first-order valence-electron chi connectivity index (χ1n) is 10.6. The monoisotopic (exact) mass is 429 g/mol. The molecule has 1 saturated heterocycles. The van der Waals surface area contributed by atoms with Crippen molar-refractivity contribution in [3.8, 4) is 22.7 Å². The van der Waals surface area contributed by atoms with E-state index in [0.717, 1.165) is 29.8 Å². The lowest BCUT2D eigenvalue weighted by Gasteiger charge is -2.34. The van der Waals surface area contributed by atoms with Crippen LogP contribution in [0.1, 0.15) is 21.8 Å². The molecule has 5 rings (SSSR count). The van der Waals surface area contributed by atoms with Gasteiger partial charge >= 0.3 is 0 Å². The molecule has 8 nitrogen and oxygen atoms in total. The van der Waals surface area contributed by atoms with Gasteiger partial charge in [-0.15, -0.1) is 0 Å². The molecule has 0 unspecified atom stereocenters. The Morgan fingerprint density at radius 1 is 1.03 bits per heavy atom. The van der Waals surface area contributed by atoms with E-state index in [1.165, 1.54) is 6.39 Å². The molecule has 3 heterocycles. The highest BCUT2D eigenvalue weighted by molar-refractivity contribution is 5.94. The molecule has 32 heavy (non-hydrogen) atoms. The van der Waals surface area contributed by atoms with Gasteiger partial charge in [0.05, 0.1) is 12.7 Å². The Morgan fingerprint density at radius 2 is 1.81 bits per heavy atom. The van der Waals surface area contributed by atoms with Gasteiger partial charge in [0, 0.05) is 42.9 Å². The molecule has 0 bridgehead atoms. The van der Waals surface area contributed by atoms with E-state index < -0.39 is 0 Å². The third kappa shape index (κ3) is 4.17. The average molecular weight is 429 g/mol. The van der Waals surface area contributed by atoms with Gasteiger partial charge in [0.1, 0.15) is 0 Å². The summed E-state index contributed by atoms with van der Waals surface area (Å²) in [6.07, 6.45) is 3.05. The van der Waals surface area contributed by atoms with Gasteiger partial charge in [0.15, 0.2) is 12.2 Å². The molecular formula is C24H23N5O3. The molecule has 1 fully saturated rings. The van der Waals surface area contributed by atoms with E-state index in [1.807, 2.05) is 60.4 Å². The summed E-state index contributed by atoms with van der Waals surface area (Å²) >= 11 is 0. The summed E-state index contributed by atoms with van der Waals surface area (Å²) in [6, 6.07) is 15.4. The lowest BCUT2D eigenvalue weighted by atomic mass is 10.1. The number of amides is 1. The molecule has 0 spiro atoms. The zero-order chi connectivity index (χ0) is 21.9. The fourth-order valence-corrected chi connectivity index (χ4v) is 3.87. The second kappa shape index (κ2) is 8.76. The number of carbonyl (C=O) groups excluding carboxylic acids is 1. The lowest BCUT2D eigenvalue weighted by molar-refractivity contribution is 0.0615. The number of hydrogen-bond donors (Lipinski definition) is 0. The standard InChI is InChI=1S/C24H23N5O3/c1-17-4-2-3-5-20(17)23-26-22(32-27-23)15-28-10-12-29(13-11-28)24(30)19-8-6-18(7-9-19)21-14-25-16-31-21/h2-9,14,16H,10-13,15H2,1H3. The van der Waals surface area contributed by atoms with Crippen LogP contribution in [0.5, 0.6) is 0 Å². The van der Waals surface area contributed by atoms with Crippen LogP contribution in [0.4, 0.5) is 0 Å². The van der Waals surface area contributed by atoms with Crippen LogP contribution in [0.15, 0.2) is 70.1 Å². The summed E-state index contributed by atoms with van der Waals surface area (Å²) in [5.74, 6) is 1.92. The van der Waals surface area contributed by atoms with E-state index in [9.17, 15) is 4.79 Å². The van der Waals surface area contributed by atoms with Crippen LogP contribution in [-0.4, -0.2) is 57.0 Å². The maximum atomic E-state index is 12.9. The molecule has 0 radical (unpaired) electrons. The Kier molecular flexibility index (Phi) is 5.51. The van der Waals surface area contributed by atoms with Crippen molar-refractivity contribution in [2.75, 3.05) is 26.2 Å². The number of piperazine rings is 1. The topological polar surface area (TPSA) is 88.5 Å². The van der Waals surface area contributed by atoms with Crippen LogP contribution in [0.2, 0.25) is 0 Å². The molecule has 2 aromatic carbocycles. The second-order valence-corrected chi connectivity index (χ2v) is 7.84. The highest BCUT2D eigenvalue weighted by Crippen LogP contribution is 2.22. The third-order valence-electron chi connectivity index (χ3n) is 5.72. The number of benzene rings is 2. The number of aryl methyl sites for hydroxylation is 1. The van der Waals surface area contributed by atoms with Gasteiger partial charge in [-0.1, -0.05) is 41.6 Å². The minimum absolute atomic E-state index is 0.0356. The van der Waals surface area contributed by atoms with E-state index in [-0.39, 0.29) is 5.91 Å². The molecule has 0 atom stereocenters. The largest absolute Gasteiger partial charge is 0.444 e. The zero-order valence-corrected chi connectivity index (χ0v) is 17.8.